The fourth-order valence-corrected chi connectivity index (χ4v) is 3.04. The van der Waals surface area contributed by atoms with Crippen LogP contribution in [0.5, 0.6) is 0 Å². The molecule has 0 bridgehead atoms. The highest BCUT2D eigenvalue weighted by Gasteiger charge is 2.43. The molecule has 1 aliphatic heterocycles. The molecule has 2 aromatic rings. The first kappa shape index (κ1) is 11.9. The van der Waals surface area contributed by atoms with E-state index in [1.54, 1.807) is 0 Å². The Morgan fingerprint density at radius 1 is 1.25 bits per heavy atom. The highest BCUT2D eigenvalue weighted by atomic mass is 19.2. The van der Waals surface area contributed by atoms with Gasteiger partial charge in [0.1, 0.15) is 5.69 Å². The van der Waals surface area contributed by atoms with Crippen LogP contribution in [0.15, 0.2) is 18.2 Å². The van der Waals surface area contributed by atoms with Crippen LogP contribution in [0.4, 0.5) is 8.78 Å². The average Bonchev–Trinajstić information content (AvgIpc) is 3.09. The smallest absolute Gasteiger partial charge is 0.270 e. The first-order valence-corrected chi connectivity index (χ1v) is 6.93. The molecule has 0 spiro atoms. The maximum Gasteiger partial charge on any atom is 0.270 e. The van der Waals surface area contributed by atoms with Crippen molar-refractivity contribution in [2.24, 2.45) is 5.92 Å². The summed E-state index contributed by atoms with van der Waals surface area (Å²) < 4.78 is 26.9. The van der Waals surface area contributed by atoms with Gasteiger partial charge in [0.2, 0.25) is 0 Å². The van der Waals surface area contributed by atoms with Gasteiger partial charge in [-0.2, -0.15) is 0 Å². The van der Waals surface area contributed by atoms with E-state index >= 15 is 0 Å². The van der Waals surface area contributed by atoms with Crippen LogP contribution >= 0.6 is 0 Å². The minimum atomic E-state index is -0.903. The first-order chi connectivity index (χ1) is 9.65. The number of likely N-dealkylation sites (tertiary alicyclic amines) is 1. The van der Waals surface area contributed by atoms with E-state index in [0.717, 1.165) is 19.0 Å². The predicted octanol–water partition coefficient (Wildman–Crippen LogP) is 3.07. The Balaban J connectivity index is 1.68. The number of hydrogen-bond donors (Lipinski definition) is 1. The molecule has 2 heterocycles. The molecule has 1 N–H and O–H groups in total. The molecule has 1 aliphatic carbocycles. The summed E-state index contributed by atoms with van der Waals surface area (Å²) in [6.45, 7) is 0.756. The van der Waals surface area contributed by atoms with Crippen LogP contribution < -0.4 is 0 Å². The zero-order valence-corrected chi connectivity index (χ0v) is 10.8. The lowest BCUT2D eigenvalue weighted by Crippen LogP contribution is -2.52. The second-order valence-electron chi connectivity index (χ2n) is 5.70. The van der Waals surface area contributed by atoms with Crippen LogP contribution in [0.25, 0.3) is 10.9 Å². The zero-order valence-electron chi connectivity index (χ0n) is 10.8. The monoisotopic (exact) mass is 276 g/mol. The number of halogens is 2. The van der Waals surface area contributed by atoms with Crippen molar-refractivity contribution in [3.63, 3.8) is 0 Å². The molecule has 1 aromatic carbocycles. The van der Waals surface area contributed by atoms with Gasteiger partial charge in [-0.15, -0.1) is 0 Å². The summed E-state index contributed by atoms with van der Waals surface area (Å²) >= 11 is 0. The molecule has 3 nitrogen and oxygen atoms in total. The minimum absolute atomic E-state index is 0.107. The summed E-state index contributed by atoms with van der Waals surface area (Å²) in [7, 11) is 0. The van der Waals surface area contributed by atoms with Crippen LogP contribution in [0, 0.1) is 17.6 Å². The van der Waals surface area contributed by atoms with Crippen molar-refractivity contribution in [1.82, 2.24) is 9.88 Å². The fraction of sp³-hybridized carbons (Fsp3) is 0.400. The Morgan fingerprint density at radius 2 is 2.05 bits per heavy atom. The maximum absolute atomic E-state index is 13.7. The maximum atomic E-state index is 13.7. The molecule has 2 fully saturated rings. The Bertz CT molecular complexity index is 705. The van der Waals surface area contributed by atoms with Crippen molar-refractivity contribution < 1.29 is 13.6 Å². The van der Waals surface area contributed by atoms with E-state index in [0.29, 0.717) is 23.2 Å². The summed E-state index contributed by atoms with van der Waals surface area (Å²) in [4.78, 5) is 17.2. The molecule has 0 radical (unpaired) electrons. The SMILES string of the molecule is O=C(c1cc2c(F)c(F)ccc2[nH]1)N1CCC1C1CC1. The lowest BCUT2D eigenvalue weighted by Gasteiger charge is -2.41. The van der Waals surface area contributed by atoms with Crippen molar-refractivity contribution in [1.29, 1.82) is 0 Å². The van der Waals surface area contributed by atoms with Gasteiger partial charge in [-0.25, -0.2) is 8.78 Å². The van der Waals surface area contributed by atoms with E-state index in [1.165, 1.54) is 25.0 Å². The molecule has 20 heavy (non-hydrogen) atoms. The van der Waals surface area contributed by atoms with Crippen LogP contribution in [-0.2, 0) is 0 Å². The summed E-state index contributed by atoms with van der Waals surface area (Å²) in [6.07, 6.45) is 3.45. The highest BCUT2D eigenvalue weighted by Crippen LogP contribution is 2.41. The Labute approximate surface area is 114 Å². The second-order valence-corrected chi connectivity index (χ2v) is 5.70. The number of aromatic nitrogens is 1. The van der Waals surface area contributed by atoms with Gasteiger partial charge in [0.05, 0.1) is 0 Å². The van der Waals surface area contributed by atoms with Crippen molar-refractivity contribution in [3.05, 3.63) is 35.5 Å². The molecule has 1 amide bonds. The molecular weight excluding hydrogens is 262 g/mol. The lowest BCUT2D eigenvalue weighted by molar-refractivity contribution is 0.0407. The lowest BCUT2D eigenvalue weighted by atomic mass is 9.97. The molecule has 1 saturated heterocycles. The molecule has 5 heteroatoms. The third-order valence-electron chi connectivity index (χ3n) is 4.41. The van der Waals surface area contributed by atoms with Gasteiger partial charge in [-0.1, -0.05) is 0 Å². The van der Waals surface area contributed by atoms with Gasteiger partial charge < -0.3 is 9.88 Å². The molecule has 1 aromatic heterocycles. The fourth-order valence-electron chi connectivity index (χ4n) is 3.04. The third kappa shape index (κ3) is 1.65. The van der Waals surface area contributed by atoms with E-state index in [-0.39, 0.29) is 11.3 Å². The summed E-state index contributed by atoms with van der Waals surface area (Å²) in [5.74, 6) is -1.26. The second kappa shape index (κ2) is 4.04. The molecule has 104 valence electrons. The topological polar surface area (TPSA) is 36.1 Å². The molecule has 2 aliphatic rings. The molecular formula is C15H14F2N2O. The normalized spacial score (nSPS) is 22.1. The number of benzene rings is 1. The largest absolute Gasteiger partial charge is 0.350 e. The van der Waals surface area contributed by atoms with E-state index in [4.69, 9.17) is 0 Å². The van der Waals surface area contributed by atoms with Crippen LogP contribution in [-0.4, -0.2) is 28.4 Å². The number of carbonyl (C=O) groups is 1. The van der Waals surface area contributed by atoms with Gasteiger partial charge in [0.25, 0.3) is 5.91 Å². The van der Waals surface area contributed by atoms with Gasteiger partial charge >= 0.3 is 0 Å². The number of H-pyrrole nitrogens is 1. The average molecular weight is 276 g/mol. The minimum Gasteiger partial charge on any atom is -0.350 e. The summed E-state index contributed by atoms with van der Waals surface area (Å²) in [6, 6.07) is 4.28. The standard InChI is InChI=1S/C15H14F2N2O/c16-10-3-4-11-9(14(10)17)7-12(18-11)15(20)19-6-5-13(19)8-1-2-8/h3-4,7-8,13,18H,1-2,5-6H2. The molecule has 1 saturated carbocycles. The number of nitrogens with zero attached hydrogens (tertiary/aromatic N) is 1. The third-order valence-corrected chi connectivity index (χ3v) is 4.41. The van der Waals surface area contributed by atoms with E-state index in [2.05, 4.69) is 4.98 Å². The first-order valence-electron chi connectivity index (χ1n) is 6.93. The molecule has 4 rings (SSSR count). The van der Waals surface area contributed by atoms with E-state index < -0.39 is 11.6 Å². The number of rotatable bonds is 2. The van der Waals surface area contributed by atoms with Crippen molar-refractivity contribution in [2.75, 3.05) is 6.54 Å². The van der Waals surface area contributed by atoms with Crippen LogP contribution in [0.1, 0.15) is 29.8 Å². The van der Waals surface area contributed by atoms with E-state index in [9.17, 15) is 13.6 Å². The summed E-state index contributed by atoms with van der Waals surface area (Å²) in [5, 5.41) is 0.136. The number of hydrogen-bond acceptors (Lipinski definition) is 1. The van der Waals surface area contributed by atoms with Crippen LogP contribution in [0.2, 0.25) is 0 Å². The van der Waals surface area contributed by atoms with Gasteiger partial charge in [-0.3, -0.25) is 4.79 Å². The zero-order chi connectivity index (χ0) is 13.9. The summed E-state index contributed by atoms with van der Waals surface area (Å²) in [5.41, 5.74) is 0.797. The molecule has 1 atom stereocenters. The van der Waals surface area contributed by atoms with E-state index in [1.807, 2.05) is 4.90 Å². The Hall–Kier alpha value is -1.91. The number of aromatic amines is 1. The predicted molar refractivity (Wildman–Crippen MR) is 70.4 cm³/mol. The van der Waals surface area contributed by atoms with Gasteiger partial charge in [0.15, 0.2) is 11.6 Å². The van der Waals surface area contributed by atoms with Crippen LogP contribution in [0.3, 0.4) is 0 Å². The molecule has 1 unspecified atom stereocenters. The highest BCUT2D eigenvalue weighted by molar-refractivity contribution is 5.98. The van der Waals surface area contributed by atoms with Gasteiger partial charge in [0, 0.05) is 23.5 Å². The van der Waals surface area contributed by atoms with Crippen molar-refractivity contribution >= 4 is 16.8 Å². The number of carbonyl (C=O) groups excluding carboxylic acids is 1. The van der Waals surface area contributed by atoms with Crippen molar-refractivity contribution in [2.45, 2.75) is 25.3 Å². The Morgan fingerprint density at radius 3 is 2.70 bits per heavy atom. The number of nitrogens with one attached hydrogen (secondary N) is 1. The Kier molecular flexibility index (Phi) is 2.40. The quantitative estimate of drug-likeness (QED) is 0.899. The number of amides is 1. The van der Waals surface area contributed by atoms with Gasteiger partial charge in [-0.05, 0) is 43.4 Å². The number of fused-ring (bicyclic) bond motifs is 1. The van der Waals surface area contributed by atoms with Crippen molar-refractivity contribution in [3.8, 4) is 0 Å².